The van der Waals surface area contributed by atoms with E-state index >= 15 is 0 Å². The number of hydrogen-bond acceptors (Lipinski definition) is 4. The molecule has 1 aromatic carbocycles. The molecule has 2 amide bonds. The third kappa shape index (κ3) is 4.62. The molecule has 1 saturated carbocycles. The van der Waals surface area contributed by atoms with Gasteiger partial charge in [-0.05, 0) is 37.0 Å². The summed E-state index contributed by atoms with van der Waals surface area (Å²) < 4.78 is 38.2. The van der Waals surface area contributed by atoms with Crippen molar-refractivity contribution >= 4 is 23.2 Å². The zero-order valence-corrected chi connectivity index (χ0v) is 13.9. The van der Waals surface area contributed by atoms with Crippen molar-refractivity contribution in [2.45, 2.75) is 25.4 Å². The van der Waals surface area contributed by atoms with Gasteiger partial charge in [0.25, 0.3) is 0 Å². The molecule has 9 heteroatoms. The van der Waals surface area contributed by atoms with Crippen molar-refractivity contribution in [1.82, 2.24) is 5.06 Å². The molecular weight excluding hydrogens is 339 g/mol. The summed E-state index contributed by atoms with van der Waals surface area (Å²) in [5, 5.41) is 3.56. The van der Waals surface area contributed by atoms with Crippen LogP contribution in [0.4, 0.5) is 24.5 Å². The number of amides is 2. The van der Waals surface area contributed by atoms with Crippen molar-refractivity contribution in [3.05, 3.63) is 23.8 Å². The number of carbonyl (C=O) groups is 2. The lowest BCUT2D eigenvalue weighted by molar-refractivity contribution is -0.178. The molecule has 3 N–H and O–H groups in total. The molecule has 0 spiro atoms. The number of nitrogen functional groups attached to an aromatic ring is 1. The maximum atomic E-state index is 12.7. The van der Waals surface area contributed by atoms with Crippen LogP contribution in [0.1, 0.15) is 24.8 Å². The Morgan fingerprint density at radius 3 is 2.56 bits per heavy atom. The average Bonchev–Trinajstić information content (AvgIpc) is 2.50. The number of hydrogen-bond donors (Lipinski definition) is 2. The zero-order chi connectivity index (χ0) is 18.8. The maximum absolute atomic E-state index is 12.7. The van der Waals surface area contributed by atoms with E-state index < -0.39 is 17.6 Å². The average molecular weight is 359 g/mol. The van der Waals surface area contributed by atoms with Gasteiger partial charge in [-0.1, -0.05) is 0 Å². The highest BCUT2D eigenvalue weighted by molar-refractivity contribution is 5.94. The number of benzene rings is 1. The van der Waals surface area contributed by atoms with Crippen molar-refractivity contribution in [3.8, 4) is 0 Å². The van der Waals surface area contributed by atoms with E-state index in [0.717, 1.165) is 23.3 Å². The topological polar surface area (TPSA) is 84.7 Å². The highest BCUT2D eigenvalue weighted by Gasteiger charge is 2.37. The van der Waals surface area contributed by atoms with E-state index in [4.69, 9.17) is 10.6 Å². The van der Waals surface area contributed by atoms with Crippen LogP contribution in [0, 0.1) is 11.8 Å². The molecule has 1 aliphatic carbocycles. The minimum atomic E-state index is -4.51. The summed E-state index contributed by atoms with van der Waals surface area (Å²) in [7, 11) is 2.90. The molecule has 1 fully saturated rings. The number of halogens is 3. The van der Waals surface area contributed by atoms with E-state index in [0.29, 0.717) is 12.8 Å². The van der Waals surface area contributed by atoms with Crippen LogP contribution < -0.4 is 11.1 Å². The number of anilines is 2. The summed E-state index contributed by atoms with van der Waals surface area (Å²) >= 11 is 0. The first kappa shape index (κ1) is 19.0. The highest BCUT2D eigenvalue weighted by Crippen LogP contribution is 2.38. The Balaban J connectivity index is 1.89. The Labute approximate surface area is 143 Å². The first-order valence-corrected chi connectivity index (χ1v) is 7.70. The van der Waals surface area contributed by atoms with Crippen LogP contribution in [0.5, 0.6) is 0 Å². The Morgan fingerprint density at radius 1 is 1.36 bits per heavy atom. The maximum Gasteiger partial charge on any atom is 0.416 e. The fourth-order valence-corrected chi connectivity index (χ4v) is 2.76. The van der Waals surface area contributed by atoms with Crippen LogP contribution >= 0.6 is 0 Å². The lowest BCUT2D eigenvalue weighted by Gasteiger charge is -2.35. The Hall–Kier alpha value is -2.29. The first-order chi connectivity index (χ1) is 11.6. The molecule has 0 unspecified atom stereocenters. The van der Waals surface area contributed by atoms with E-state index in [1.165, 1.54) is 14.2 Å². The predicted molar refractivity (Wildman–Crippen MR) is 85.1 cm³/mol. The summed E-state index contributed by atoms with van der Waals surface area (Å²) in [5.74, 6) is -0.768. The number of alkyl halides is 3. The molecule has 25 heavy (non-hydrogen) atoms. The van der Waals surface area contributed by atoms with Gasteiger partial charge in [0.05, 0.1) is 24.0 Å². The second-order valence-corrected chi connectivity index (χ2v) is 6.10. The molecule has 6 nitrogen and oxygen atoms in total. The van der Waals surface area contributed by atoms with Crippen molar-refractivity contribution in [3.63, 3.8) is 0 Å². The van der Waals surface area contributed by atoms with E-state index in [2.05, 4.69) is 5.32 Å². The van der Waals surface area contributed by atoms with Crippen LogP contribution in [0.2, 0.25) is 0 Å². The molecule has 0 aliphatic heterocycles. The minimum absolute atomic E-state index is 0.00577. The van der Waals surface area contributed by atoms with E-state index in [9.17, 15) is 22.8 Å². The minimum Gasteiger partial charge on any atom is -0.397 e. The molecule has 138 valence electrons. The Bertz CT molecular complexity index is 658. The van der Waals surface area contributed by atoms with E-state index in [-0.39, 0.29) is 35.5 Å². The van der Waals surface area contributed by atoms with Gasteiger partial charge in [0, 0.05) is 19.4 Å². The number of nitrogens with one attached hydrogen (secondary N) is 1. The molecule has 0 aromatic heterocycles. The van der Waals surface area contributed by atoms with Gasteiger partial charge in [-0.15, -0.1) is 0 Å². The van der Waals surface area contributed by atoms with Crippen molar-refractivity contribution in [2.24, 2.45) is 11.8 Å². The van der Waals surface area contributed by atoms with Crippen molar-refractivity contribution < 1.29 is 27.6 Å². The zero-order valence-electron chi connectivity index (χ0n) is 13.9. The fraction of sp³-hybridized carbons (Fsp3) is 0.500. The number of carbonyl (C=O) groups excluding carboxylic acids is 2. The third-order valence-electron chi connectivity index (χ3n) is 4.30. The molecule has 0 heterocycles. The normalized spacial score (nSPS) is 19.9. The van der Waals surface area contributed by atoms with Crippen LogP contribution in [-0.4, -0.2) is 31.0 Å². The van der Waals surface area contributed by atoms with Crippen LogP contribution in [-0.2, 0) is 20.6 Å². The number of nitrogens with two attached hydrogens (primary N) is 1. The molecule has 1 aliphatic rings. The fourth-order valence-electron chi connectivity index (χ4n) is 2.76. The summed E-state index contributed by atoms with van der Waals surface area (Å²) in [4.78, 5) is 28.7. The first-order valence-electron chi connectivity index (χ1n) is 7.70. The molecular formula is C16H20F3N3O3. The van der Waals surface area contributed by atoms with Crippen LogP contribution in [0.25, 0.3) is 0 Å². The number of hydroxylamine groups is 2. The van der Waals surface area contributed by atoms with Crippen LogP contribution in [0.15, 0.2) is 18.2 Å². The molecule has 0 radical (unpaired) electrons. The third-order valence-corrected chi connectivity index (χ3v) is 4.30. The lowest BCUT2D eigenvalue weighted by atomic mass is 9.72. The van der Waals surface area contributed by atoms with Gasteiger partial charge in [0.1, 0.15) is 0 Å². The Kier molecular flexibility index (Phi) is 5.56. The van der Waals surface area contributed by atoms with Crippen molar-refractivity contribution in [1.29, 1.82) is 0 Å². The van der Waals surface area contributed by atoms with Gasteiger partial charge in [-0.2, -0.15) is 13.2 Å². The van der Waals surface area contributed by atoms with E-state index in [1.54, 1.807) is 0 Å². The standard InChI is InChI=1S/C16H20F3N3O3/c1-22(25-2)15(24)10-5-9(6-10)7-14(23)21-13-8-11(16(17,18)19)3-4-12(13)20/h3-4,8-10H,5-7,20H2,1-2H3,(H,21,23). The van der Waals surface area contributed by atoms with Crippen molar-refractivity contribution in [2.75, 3.05) is 25.2 Å². The quantitative estimate of drug-likeness (QED) is 0.625. The largest absolute Gasteiger partial charge is 0.416 e. The summed E-state index contributed by atoms with van der Waals surface area (Å²) in [5.41, 5.74) is 4.74. The lowest BCUT2D eigenvalue weighted by Crippen LogP contribution is -2.40. The van der Waals surface area contributed by atoms with Gasteiger partial charge < -0.3 is 11.1 Å². The molecule has 0 bridgehead atoms. The molecule has 1 aromatic rings. The second-order valence-electron chi connectivity index (χ2n) is 6.10. The van der Waals surface area contributed by atoms with Gasteiger partial charge in [0.15, 0.2) is 0 Å². The Morgan fingerprint density at radius 2 is 2.00 bits per heavy atom. The number of nitrogens with zero attached hydrogens (tertiary/aromatic N) is 1. The van der Waals surface area contributed by atoms with E-state index in [1.807, 2.05) is 0 Å². The van der Waals surface area contributed by atoms with Gasteiger partial charge >= 0.3 is 6.18 Å². The highest BCUT2D eigenvalue weighted by atomic mass is 19.4. The van der Waals surface area contributed by atoms with Gasteiger partial charge in [-0.25, -0.2) is 5.06 Å². The van der Waals surface area contributed by atoms with Gasteiger partial charge in [-0.3, -0.25) is 14.4 Å². The summed E-state index contributed by atoms with van der Waals surface area (Å²) in [6.07, 6.45) is -3.31. The SMILES string of the molecule is CON(C)C(=O)C1CC(CC(=O)Nc2cc(C(F)(F)F)ccc2N)C1. The predicted octanol–water partition coefficient (Wildman–Crippen LogP) is 2.66. The van der Waals surface area contributed by atoms with Crippen LogP contribution in [0.3, 0.4) is 0 Å². The molecule has 2 rings (SSSR count). The number of rotatable bonds is 5. The smallest absolute Gasteiger partial charge is 0.397 e. The monoisotopic (exact) mass is 359 g/mol. The molecule has 0 saturated heterocycles. The summed E-state index contributed by atoms with van der Waals surface area (Å²) in [6.45, 7) is 0. The summed E-state index contributed by atoms with van der Waals surface area (Å²) in [6, 6.07) is 2.78. The van der Waals surface area contributed by atoms with Gasteiger partial charge in [0.2, 0.25) is 11.8 Å². The second kappa shape index (κ2) is 7.30. The molecule has 0 atom stereocenters.